The standard InChI is InChI=1S/C14H12N4O2/c1-2-20-14(19)13-16-12(17-18-13)10-5-6-11-9(8-10)4-3-7-15-11/h3-8H,2H2,1H3,(H,16,17,18). The van der Waals surface area contributed by atoms with Crippen molar-refractivity contribution in [2.75, 3.05) is 6.61 Å². The van der Waals surface area contributed by atoms with E-state index in [1.807, 2.05) is 30.3 Å². The van der Waals surface area contributed by atoms with Crippen molar-refractivity contribution < 1.29 is 9.53 Å². The maximum absolute atomic E-state index is 11.5. The Kier molecular flexibility index (Phi) is 3.12. The summed E-state index contributed by atoms with van der Waals surface area (Å²) in [5, 5.41) is 7.62. The summed E-state index contributed by atoms with van der Waals surface area (Å²) in [4.78, 5) is 19.9. The maximum Gasteiger partial charge on any atom is 0.375 e. The van der Waals surface area contributed by atoms with Crippen LogP contribution in [0.5, 0.6) is 0 Å². The molecule has 0 bridgehead atoms. The molecule has 0 amide bonds. The molecule has 1 aromatic carbocycles. The number of esters is 1. The molecule has 3 rings (SSSR count). The summed E-state index contributed by atoms with van der Waals surface area (Å²) in [5.74, 6) is 0.0562. The molecule has 0 unspecified atom stereocenters. The predicted molar refractivity (Wildman–Crippen MR) is 73.1 cm³/mol. The smallest absolute Gasteiger partial charge is 0.375 e. The first kappa shape index (κ1) is 12.3. The van der Waals surface area contributed by atoms with Gasteiger partial charge in [0.05, 0.1) is 12.1 Å². The van der Waals surface area contributed by atoms with Crippen molar-refractivity contribution in [1.29, 1.82) is 0 Å². The first-order valence-corrected chi connectivity index (χ1v) is 6.22. The number of hydrogen-bond acceptors (Lipinski definition) is 5. The highest BCUT2D eigenvalue weighted by Gasteiger charge is 2.13. The Hall–Kier alpha value is -2.76. The molecule has 6 nitrogen and oxygen atoms in total. The molecule has 0 aliphatic rings. The Morgan fingerprint density at radius 2 is 2.25 bits per heavy atom. The lowest BCUT2D eigenvalue weighted by Crippen LogP contribution is -2.06. The van der Waals surface area contributed by atoms with Crippen molar-refractivity contribution in [3.63, 3.8) is 0 Å². The lowest BCUT2D eigenvalue weighted by Gasteiger charge is -1.99. The largest absolute Gasteiger partial charge is 0.460 e. The Bertz CT molecular complexity index is 766. The second-order valence-corrected chi connectivity index (χ2v) is 4.14. The number of pyridine rings is 1. The van der Waals surface area contributed by atoms with Gasteiger partial charge < -0.3 is 4.74 Å². The zero-order valence-corrected chi connectivity index (χ0v) is 10.8. The fourth-order valence-corrected chi connectivity index (χ4v) is 1.90. The molecule has 0 aliphatic heterocycles. The number of H-pyrrole nitrogens is 1. The van der Waals surface area contributed by atoms with Crippen molar-refractivity contribution in [2.24, 2.45) is 0 Å². The van der Waals surface area contributed by atoms with Crippen molar-refractivity contribution in [3.05, 3.63) is 42.4 Å². The van der Waals surface area contributed by atoms with Gasteiger partial charge in [0.25, 0.3) is 0 Å². The van der Waals surface area contributed by atoms with Crippen LogP contribution in [0.15, 0.2) is 36.5 Å². The minimum absolute atomic E-state index is 0.105. The Morgan fingerprint density at radius 3 is 3.10 bits per heavy atom. The van der Waals surface area contributed by atoms with Crippen LogP contribution in [0.2, 0.25) is 0 Å². The molecule has 0 fully saturated rings. The first-order valence-electron chi connectivity index (χ1n) is 6.22. The van der Waals surface area contributed by atoms with Gasteiger partial charge in [-0.25, -0.2) is 9.78 Å². The number of carbonyl (C=O) groups excluding carboxylic acids is 1. The lowest BCUT2D eigenvalue weighted by atomic mass is 10.1. The molecule has 0 spiro atoms. The molecule has 100 valence electrons. The summed E-state index contributed by atoms with van der Waals surface area (Å²) >= 11 is 0. The number of nitrogens with zero attached hydrogens (tertiary/aromatic N) is 3. The van der Waals surface area contributed by atoms with Gasteiger partial charge in [0.2, 0.25) is 5.82 Å². The Labute approximate surface area is 114 Å². The third-order valence-electron chi connectivity index (χ3n) is 2.82. The van der Waals surface area contributed by atoms with Crippen LogP contribution >= 0.6 is 0 Å². The Morgan fingerprint density at radius 1 is 1.35 bits per heavy atom. The molecular weight excluding hydrogens is 256 g/mol. The number of rotatable bonds is 3. The number of fused-ring (bicyclic) bond motifs is 1. The van der Waals surface area contributed by atoms with Gasteiger partial charge in [0, 0.05) is 17.1 Å². The van der Waals surface area contributed by atoms with E-state index in [2.05, 4.69) is 20.2 Å². The number of nitrogens with one attached hydrogen (secondary N) is 1. The van der Waals surface area contributed by atoms with Crippen LogP contribution in [0.3, 0.4) is 0 Å². The third kappa shape index (κ3) is 2.23. The zero-order valence-electron chi connectivity index (χ0n) is 10.8. The summed E-state index contributed by atoms with van der Waals surface area (Å²) < 4.78 is 4.86. The molecule has 2 aromatic heterocycles. The van der Waals surface area contributed by atoms with E-state index in [9.17, 15) is 4.79 Å². The van der Waals surface area contributed by atoms with Crippen LogP contribution in [0.1, 0.15) is 17.5 Å². The summed E-state index contributed by atoms with van der Waals surface area (Å²) in [6.45, 7) is 2.04. The monoisotopic (exact) mass is 268 g/mol. The van der Waals surface area contributed by atoms with E-state index in [1.165, 1.54) is 0 Å². The summed E-state index contributed by atoms with van der Waals surface area (Å²) in [5.41, 5.74) is 1.72. The second-order valence-electron chi connectivity index (χ2n) is 4.14. The van der Waals surface area contributed by atoms with E-state index in [4.69, 9.17) is 4.74 Å². The SMILES string of the molecule is CCOC(=O)c1nc(-c2ccc3ncccc3c2)n[nH]1. The normalized spacial score (nSPS) is 10.7. The first-order chi connectivity index (χ1) is 9.78. The summed E-state index contributed by atoms with van der Waals surface area (Å²) in [7, 11) is 0. The summed E-state index contributed by atoms with van der Waals surface area (Å²) in [6, 6.07) is 9.53. The van der Waals surface area contributed by atoms with Gasteiger partial charge in [0.15, 0.2) is 5.82 Å². The minimum Gasteiger partial charge on any atom is -0.460 e. The van der Waals surface area contributed by atoms with E-state index in [0.717, 1.165) is 16.5 Å². The van der Waals surface area contributed by atoms with E-state index in [-0.39, 0.29) is 5.82 Å². The highest BCUT2D eigenvalue weighted by Crippen LogP contribution is 2.20. The molecule has 1 N–H and O–H groups in total. The van der Waals surface area contributed by atoms with Gasteiger partial charge in [-0.3, -0.25) is 10.1 Å². The van der Waals surface area contributed by atoms with Gasteiger partial charge >= 0.3 is 5.97 Å². The number of carbonyl (C=O) groups is 1. The fraction of sp³-hybridized carbons (Fsp3) is 0.143. The van der Waals surface area contributed by atoms with E-state index < -0.39 is 5.97 Å². The lowest BCUT2D eigenvalue weighted by molar-refractivity contribution is 0.0512. The van der Waals surface area contributed by atoms with Crippen LogP contribution in [0.4, 0.5) is 0 Å². The van der Waals surface area contributed by atoms with Crippen LogP contribution in [0.25, 0.3) is 22.3 Å². The quantitative estimate of drug-likeness (QED) is 0.736. The molecule has 20 heavy (non-hydrogen) atoms. The third-order valence-corrected chi connectivity index (χ3v) is 2.82. The van der Waals surface area contributed by atoms with Crippen LogP contribution in [0, 0.1) is 0 Å². The van der Waals surface area contributed by atoms with Gasteiger partial charge in [-0.1, -0.05) is 6.07 Å². The van der Waals surface area contributed by atoms with Crippen molar-refractivity contribution in [1.82, 2.24) is 20.2 Å². The van der Waals surface area contributed by atoms with Gasteiger partial charge in [-0.2, -0.15) is 5.10 Å². The number of ether oxygens (including phenoxy) is 1. The van der Waals surface area contributed by atoms with Gasteiger partial charge in [-0.05, 0) is 31.2 Å². The summed E-state index contributed by atoms with van der Waals surface area (Å²) in [6.07, 6.45) is 1.74. The maximum atomic E-state index is 11.5. The van der Waals surface area contributed by atoms with E-state index >= 15 is 0 Å². The number of benzene rings is 1. The van der Waals surface area contributed by atoms with Crippen molar-refractivity contribution >= 4 is 16.9 Å². The Balaban J connectivity index is 1.96. The highest BCUT2D eigenvalue weighted by atomic mass is 16.5. The van der Waals surface area contributed by atoms with Crippen molar-refractivity contribution in [3.8, 4) is 11.4 Å². The fourth-order valence-electron chi connectivity index (χ4n) is 1.90. The van der Waals surface area contributed by atoms with Crippen molar-refractivity contribution in [2.45, 2.75) is 6.92 Å². The van der Waals surface area contributed by atoms with E-state index in [1.54, 1.807) is 13.1 Å². The van der Waals surface area contributed by atoms with Crippen LogP contribution in [-0.4, -0.2) is 32.7 Å². The molecule has 0 aliphatic carbocycles. The topological polar surface area (TPSA) is 80.8 Å². The molecule has 2 heterocycles. The second kappa shape index (κ2) is 5.08. The molecule has 0 radical (unpaired) electrons. The molecule has 0 atom stereocenters. The highest BCUT2D eigenvalue weighted by molar-refractivity contribution is 5.86. The predicted octanol–water partition coefficient (Wildman–Crippen LogP) is 2.20. The molecule has 0 saturated carbocycles. The molecular formula is C14H12N4O2. The van der Waals surface area contributed by atoms with Crippen LogP contribution < -0.4 is 0 Å². The van der Waals surface area contributed by atoms with Gasteiger partial charge in [-0.15, -0.1) is 0 Å². The average Bonchev–Trinajstić information content (AvgIpc) is 2.97. The minimum atomic E-state index is -0.506. The van der Waals surface area contributed by atoms with Crippen LogP contribution in [-0.2, 0) is 4.74 Å². The molecule has 3 aromatic rings. The van der Waals surface area contributed by atoms with Gasteiger partial charge in [0.1, 0.15) is 0 Å². The average molecular weight is 268 g/mol. The zero-order chi connectivity index (χ0) is 13.9. The number of aromatic amines is 1. The molecule has 0 saturated heterocycles. The van der Waals surface area contributed by atoms with E-state index in [0.29, 0.717) is 12.4 Å². The number of aromatic nitrogens is 4. The molecule has 6 heteroatoms. The number of hydrogen-bond donors (Lipinski definition) is 1.